The van der Waals surface area contributed by atoms with Crippen molar-refractivity contribution in [3.05, 3.63) is 59.4 Å². The normalized spacial score (nSPS) is 11.3. The Labute approximate surface area is 190 Å². The van der Waals surface area contributed by atoms with Gasteiger partial charge in [-0.05, 0) is 30.2 Å². The van der Waals surface area contributed by atoms with E-state index >= 15 is 0 Å². The quantitative estimate of drug-likeness (QED) is 0.219. The number of pyridine rings is 1. The highest BCUT2D eigenvalue weighted by molar-refractivity contribution is 7.98. The van der Waals surface area contributed by atoms with Crippen molar-refractivity contribution >= 4 is 11.8 Å². The van der Waals surface area contributed by atoms with Crippen molar-refractivity contribution in [2.24, 2.45) is 7.05 Å². The average molecular weight is 459 g/mol. The van der Waals surface area contributed by atoms with Crippen molar-refractivity contribution < 1.29 is 13.2 Å². The lowest BCUT2D eigenvalue weighted by Crippen LogP contribution is -2.04. The van der Waals surface area contributed by atoms with E-state index in [1.165, 1.54) is 43.2 Å². The molecule has 0 bridgehead atoms. The van der Waals surface area contributed by atoms with Crippen LogP contribution in [-0.4, -0.2) is 19.7 Å². The molecule has 1 aromatic carbocycles. The molecule has 0 aliphatic rings. The van der Waals surface area contributed by atoms with Crippen LogP contribution in [0, 0.1) is 11.8 Å². The number of thioether (sulfide) groups is 1. The summed E-state index contributed by atoms with van der Waals surface area (Å²) in [6.07, 6.45) is 4.77. The smallest absolute Gasteiger partial charge is 0.305 e. The Kier molecular flexibility index (Phi) is 8.34. The Hall–Kier alpha value is -2.79. The number of hydrogen-bond donors (Lipinski definition) is 0. The molecule has 0 atom stereocenters. The van der Waals surface area contributed by atoms with Gasteiger partial charge in [-0.15, -0.1) is 10.2 Å². The standard InChI is InChI=1S/C24H25F3N4S/c1-3-4-5-6-7-8-9-19-14-20(16-28-15-19)22-29-30-23(31(22)2)32-17-18-10-12-21(13-11-18)24(25,26)27/h10-16H,3-7,17H2,1-2H3. The predicted octanol–water partition coefficient (Wildman–Crippen LogP) is 6.51. The van der Waals surface area contributed by atoms with E-state index in [-0.39, 0.29) is 0 Å². The minimum absolute atomic E-state index is 0.492. The number of nitrogens with zero attached hydrogens (tertiary/aromatic N) is 4. The zero-order valence-corrected chi connectivity index (χ0v) is 18.9. The van der Waals surface area contributed by atoms with E-state index in [0.29, 0.717) is 16.7 Å². The van der Waals surface area contributed by atoms with Gasteiger partial charge in [-0.3, -0.25) is 4.98 Å². The lowest BCUT2D eigenvalue weighted by Gasteiger charge is -2.07. The van der Waals surface area contributed by atoms with Crippen LogP contribution in [0.3, 0.4) is 0 Å². The van der Waals surface area contributed by atoms with E-state index in [4.69, 9.17) is 0 Å². The fraction of sp³-hybridized carbons (Fsp3) is 0.375. The molecule has 0 saturated carbocycles. The maximum Gasteiger partial charge on any atom is 0.416 e. The van der Waals surface area contributed by atoms with Crippen molar-refractivity contribution in [3.63, 3.8) is 0 Å². The molecule has 2 heterocycles. The Morgan fingerprint density at radius 1 is 1.03 bits per heavy atom. The van der Waals surface area contributed by atoms with Gasteiger partial charge in [0.25, 0.3) is 0 Å². The van der Waals surface area contributed by atoms with Crippen LogP contribution in [0.15, 0.2) is 47.9 Å². The van der Waals surface area contributed by atoms with E-state index in [2.05, 4.69) is 33.9 Å². The number of hydrogen-bond acceptors (Lipinski definition) is 4. The van der Waals surface area contributed by atoms with Crippen LogP contribution in [0.25, 0.3) is 11.4 Å². The van der Waals surface area contributed by atoms with Crippen molar-refractivity contribution in [1.82, 2.24) is 19.7 Å². The first-order valence-electron chi connectivity index (χ1n) is 10.5. The van der Waals surface area contributed by atoms with Gasteiger partial charge in [0, 0.05) is 42.7 Å². The van der Waals surface area contributed by atoms with Gasteiger partial charge < -0.3 is 4.57 Å². The number of rotatable bonds is 8. The summed E-state index contributed by atoms with van der Waals surface area (Å²) in [4.78, 5) is 4.28. The second-order valence-electron chi connectivity index (χ2n) is 7.42. The maximum atomic E-state index is 12.7. The minimum atomic E-state index is -4.33. The van der Waals surface area contributed by atoms with Crippen LogP contribution in [0.1, 0.15) is 55.7 Å². The predicted molar refractivity (Wildman–Crippen MR) is 121 cm³/mol. The molecule has 0 amide bonds. The highest BCUT2D eigenvalue weighted by Crippen LogP contribution is 2.30. The number of halogens is 3. The largest absolute Gasteiger partial charge is 0.416 e. The molecule has 0 saturated heterocycles. The third kappa shape index (κ3) is 6.60. The summed E-state index contributed by atoms with van der Waals surface area (Å²) in [7, 11) is 1.86. The minimum Gasteiger partial charge on any atom is -0.305 e. The second-order valence-corrected chi connectivity index (χ2v) is 8.37. The molecule has 4 nitrogen and oxygen atoms in total. The first-order valence-corrected chi connectivity index (χ1v) is 11.5. The molecular formula is C24H25F3N4S. The molecule has 0 radical (unpaired) electrons. The summed E-state index contributed by atoms with van der Waals surface area (Å²) in [5, 5.41) is 9.17. The Morgan fingerprint density at radius 2 is 1.81 bits per heavy atom. The Morgan fingerprint density at radius 3 is 2.53 bits per heavy atom. The summed E-state index contributed by atoms with van der Waals surface area (Å²) in [5.74, 6) is 7.53. The number of benzene rings is 1. The summed E-state index contributed by atoms with van der Waals surface area (Å²) in [5.41, 5.74) is 1.79. The lowest BCUT2D eigenvalue weighted by atomic mass is 10.1. The molecule has 0 unspecified atom stereocenters. The molecule has 168 valence electrons. The molecule has 0 fully saturated rings. The van der Waals surface area contributed by atoms with Gasteiger partial charge in [-0.1, -0.05) is 61.9 Å². The summed E-state index contributed by atoms with van der Waals surface area (Å²) >= 11 is 1.42. The molecule has 0 aliphatic heterocycles. The topological polar surface area (TPSA) is 43.6 Å². The Balaban J connectivity index is 1.64. The first-order chi connectivity index (χ1) is 15.4. The molecule has 8 heteroatoms. The zero-order chi connectivity index (χ0) is 23.0. The molecule has 0 N–H and O–H groups in total. The summed E-state index contributed by atoms with van der Waals surface area (Å²) in [6.45, 7) is 2.19. The van der Waals surface area contributed by atoms with Gasteiger partial charge in [0.1, 0.15) is 0 Å². The SMILES string of the molecule is CCCCCCC#Cc1cncc(-c2nnc(SCc3ccc(C(F)(F)F)cc3)n2C)c1. The summed E-state index contributed by atoms with van der Waals surface area (Å²) in [6, 6.07) is 7.11. The highest BCUT2D eigenvalue weighted by atomic mass is 32.2. The van der Waals surface area contributed by atoms with Crippen LogP contribution in [0.5, 0.6) is 0 Å². The van der Waals surface area contributed by atoms with Crippen LogP contribution in [0.4, 0.5) is 13.2 Å². The van der Waals surface area contributed by atoms with Gasteiger partial charge in [-0.25, -0.2) is 0 Å². The van der Waals surface area contributed by atoms with E-state index in [9.17, 15) is 13.2 Å². The number of alkyl halides is 3. The van der Waals surface area contributed by atoms with Crippen LogP contribution >= 0.6 is 11.8 Å². The molecule has 2 aromatic heterocycles. The molecule has 3 rings (SSSR count). The third-order valence-electron chi connectivity index (χ3n) is 4.87. The van der Waals surface area contributed by atoms with Crippen LogP contribution in [-0.2, 0) is 19.0 Å². The van der Waals surface area contributed by atoms with Gasteiger partial charge >= 0.3 is 6.18 Å². The van der Waals surface area contributed by atoms with E-state index in [0.717, 1.165) is 41.7 Å². The van der Waals surface area contributed by atoms with Gasteiger partial charge in [0.2, 0.25) is 0 Å². The fourth-order valence-electron chi connectivity index (χ4n) is 3.07. The van der Waals surface area contributed by atoms with Gasteiger partial charge in [0.15, 0.2) is 11.0 Å². The average Bonchev–Trinajstić information content (AvgIpc) is 3.15. The van der Waals surface area contributed by atoms with E-state index in [1.807, 2.05) is 17.7 Å². The fourth-order valence-corrected chi connectivity index (χ4v) is 3.93. The first kappa shape index (κ1) is 23.9. The van der Waals surface area contributed by atoms with E-state index in [1.54, 1.807) is 12.4 Å². The van der Waals surface area contributed by atoms with Crippen LogP contribution < -0.4 is 0 Å². The monoisotopic (exact) mass is 458 g/mol. The van der Waals surface area contributed by atoms with Crippen molar-refractivity contribution in [1.29, 1.82) is 0 Å². The van der Waals surface area contributed by atoms with Gasteiger partial charge in [-0.2, -0.15) is 13.2 Å². The molecule has 3 aromatic rings. The summed E-state index contributed by atoms with van der Waals surface area (Å²) < 4.78 is 40.0. The number of aromatic nitrogens is 4. The number of unbranched alkanes of at least 4 members (excludes halogenated alkanes) is 4. The second kappa shape index (κ2) is 11.2. The van der Waals surface area contributed by atoms with Gasteiger partial charge in [0.05, 0.1) is 5.56 Å². The van der Waals surface area contributed by atoms with Crippen molar-refractivity contribution in [2.75, 3.05) is 0 Å². The zero-order valence-electron chi connectivity index (χ0n) is 18.1. The Bertz CT molecular complexity index is 1080. The van der Waals surface area contributed by atoms with Crippen molar-refractivity contribution in [3.8, 4) is 23.2 Å². The maximum absolute atomic E-state index is 12.7. The van der Waals surface area contributed by atoms with Crippen LogP contribution in [0.2, 0.25) is 0 Å². The molecule has 0 aliphatic carbocycles. The lowest BCUT2D eigenvalue weighted by molar-refractivity contribution is -0.137. The highest BCUT2D eigenvalue weighted by Gasteiger charge is 2.29. The molecular weight excluding hydrogens is 433 g/mol. The third-order valence-corrected chi connectivity index (χ3v) is 5.96. The van der Waals surface area contributed by atoms with Crippen molar-refractivity contribution in [2.45, 2.75) is 56.1 Å². The molecule has 32 heavy (non-hydrogen) atoms. The molecule has 0 spiro atoms. The van der Waals surface area contributed by atoms with E-state index < -0.39 is 11.7 Å².